The van der Waals surface area contributed by atoms with Crippen molar-refractivity contribution < 1.29 is 36.3 Å². The van der Waals surface area contributed by atoms with Gasteiger partial charge in [-0.3, -0.25) is 9.69 Å². The van der Waals surface area contributed by atoms with Gasteiger partial charge in [-0.1, -0.05) is 42.1 Å². The number of rotatable bonds is 7. The number of amidine groups is 1. The fourth-order valence-corrected chi connectivity index (χ4v) is 5.60. The fraction of sp³-hybridized carbons (Fsp3) is 0.194. The number of carbonyl (C=O) groups is 2. The highest BCUT2D eigenvalue weighted by Crippen LogP contribution is 2.58. The van der Waals surface area contributed by atoms with Crippen LogP contribution in [0.5, 0.6) is 5.75 Å². The predicted octanol–water partition coefficient (Wildman–Crippen LogP) is 7.44. The monoisotopic (exact) mass is 654 g/mol. The molecule has 2 heterocycles. The molecule has 1 atom stereocenters. The molecular weight excluding hydrogens is 631 g/mol. The molecule has 1 saturated carbocycles. The predicted molar refractivity (Wildman–Crippen MR) is 163 cm³/mol. The van der Waals surface area contributed by atoms with Gasteiger partial charge in [-0.25, -0.2) is 23.2 Å². The number of halogens is 5. The first-order valence-corrected chi connectivity index (χ1v) is 14.7. The number of nitrogens with one attached hydrogen (secondary N) is 1. The molecular formula is C31H23F5N6O3S. The van der Waals surface area contributed by atoms with Gasteiger partial charge in [0.25, 0.3) is 5.92 Å². The van der Waals surface area contributed by atoms with Gasteiger partial charge in [-0.15, -0.1) is 18.3 Å². The van der Waals surface area contributed by atoms with Crippen LogP contribution in [-0.2, 0) is 4.79 Å². The van der Waals surface area contributed by atoms with Crippen molar-refractivity contribution in [1.82, 2.24) is 14.8 Å². The number of aryl methyl sites for hydroxylation is 1. The number of aliphatic imine (C=N–C) groups is 1. The molecule has 0 bridgehead atoms. The second-order valence-corrected chi connectivity index (χ2v) is 11.4. The molecule has 9 nitrogen and oxygen atoms in total. The minimum atomic E-state index is -4.78. The van der Waals surface area contributed by atoms with Crippen LogP contribution in [0.1, 0.15) is 34.9 Å². The van der Waals surface area contributed by atoms with Crippen molar-refractivity contribution >= 4 is 52.4 Å². The zero-order chi connectivity index (χ0) is 32.6. The molecule has 1 saturated heterocycles. The summed E-state index contributed by atoms with van der Waals surface area (Å²) >= 11 is 1.06. The lowest BCUT2D eigenvalue weighted by Crippen LogP contribution is -2.31. The lowest BCUT2D eigenvalue weighted by Gasteiger charge is -2.20. The van der Waals surface area contributed by atoms with E-state index in [0.29, 0.717) is 28.5 Å². The molecule has 1 aromatic heterocycles. The summed E-state index contributed by atoms with van der Waals surface area (Å²) in [6.45, 7) is 1.79. The van der Waals surface area contributed by atoms with Gasteiger partial charge in [0, 0.05) is 12.1 Å². The number of benzene rings is 3. The van der Waals surface area contributed by atoms with Crippen LogP contribution in [-0.4, -0.2) is 49.9 Å². The van der Waals surface area contributed by atoms with Gasteiger partial charge in [0.1, 0.15) is 12.1 Å². The molecule has 2 aliphatic rings. The van der Waals surface area contributed by atoms with E-state index in [1.807, 2.05) is 0 Å². The Balaban J connectivity index is 1.09. The molecule has 4 aromatic rings. The smallest absolute Gasteiger partial charge is 0.406 e. The fourth-order valence-electron chi connectivity index (χ4n) is 4.74. The molecule has 1 unspecified atom stereocenters. The Morgan fingerprint density at radius 3 is 2.48 bits per heavy atom. The van der Waals surface area contributed by atoms with Crippen LogP contribution in [0, 0.1) is 6.92 Å². The Morgan fingerprint density at radius 1 is 1.09 bits per heavy atom. The number of amides is 3. The van der Waals surface area contributed by atoms with Crippen LogP contribution in [0.2, 0.25) is 0 Å². The minimum absolute atomic E-state index is 0.0257. The number of carbonyl (C=O) groups excluding carboxylic acids is 2. The maximum absolute atomic E-state index is 13.9. The molecule has 0 spiro atoms. The van der Waals surface area contributed by atoms with Gasteiger partial charge in [0.05, 0.1) is 23.0 Å². The van der Waals surface area contributed by atoms with Gasteiger partial charge in [-0.05, 0) is 72.2 Å². The van der Waals surface area contributed by atoms with Gasteiger partial charge >= 0.3 is 12.4 Å². The van der Waals surface area contributed by atoms with Crippen molar-refractivity contribution in [2.75, 3.05) is 16.0 Å². The minimum Gasteiger partial charge on any atom is -0.406 e. The molecule has 46 heavy (non-hydrogen) atoms. The number of anilines is 2. The number of urea groups is 1. The Hall–Kier alpha value is -5.05. The standard InChI is InChI=1S/C31H23F5N6O3S/c1-18-2-12-23(24-15-30(24,32)33)25(14-18)42-27(43)16-46-29(42)39-28(44)38-20-6-3-19(4-7-20)5-13-26-37-17-41(40-26)21-8-10-22(11-9-21)45-31(34,35)36/h2-14,17,24H,15-16H2,1H3,(H,38,44). The Labute approximate surface area is 262 Å². The van der Waals surface area contributed by atoms with E-state index in [2.05, 4.69) is 25.1 Å². The zero-order valence-electron chi connectivity index (χ0n) is 23.8. The highest BCUT2D eigenvalue weighted by Gasteiger charge is 2.58. The third-order valence-electron chi connectivity index (χ3n) is 7.02. The van der Waals surface area contributed by atoms with Crippen LogP contribution in [0.4, 0.5) is 38.1 Å². The number of nitrogens with zero attached hydrogens (tertiary/aromatic N) is 5. The Morgan fingerprint density at radius 2 is 1.80 bits per heavy atom. The Kier molecular flexibility index (Phi) is 8.10. The van der Waals surface area contributed by atoms with E-state index in [-0.39, 0.29) is 29.0 Å². The van der Waals surface area contributed by atoms with Crippen LogP contribution in [0.15, 0.2) is 78.0 Å². The first-order chi connectivity index (χ1) is 21.8. The van der Waals surface area contributed by atoms with Crippen molar-refractivity contribution in [3.05, 3.63) is 95.6 Å². The average molecular weight is 655 g/mol. The van der Waals surface area contributed by atoms with Crippen LogP contribution in [0.3, 0.4) is 0 Å². The summed E-state index contributed by atoms with van der Waals surface area (Å²) in [5, 5.41) is 7.04. The van der Waals surface area contributed by atoms with E-state index < -0.39 is 24.2 Å². The third kappa shape index (κ3) is 7.09. The van der Waals surface area contributed by atoms with Crippen molar-refractivity contribution in [3.8, 4) is 11.4 Å². The van der Waals surface area contributed by atoms with Crippen LogP contribution >= 0.6 is 11.8 Å². The summed E-state index contributed by atoms with van der Waals surface area (Å²) in [5.74, 6) is -4.15. The summed E-state index contributed by atoms with van der Waals surface area (Å²) in [6, 6.07) is 16.2. The molecule has 1 aliphatic heterocycles. The van der Waals surface area contributed by atoms with E-state index in [9.17, 15) is 31.5 Å². The molecule has 0 radical (unpaired) electrons. The summed E-state index contributed by atoms with van der Waals surface area (Å²) in [5.41, 5.74) is 3.11. The molecule has 6 rings (SSSR count). The normalized spacial score (nSPS) is 18.4. The van der Waals surface area contributed by atoms with E-state index in [1.165, 1.54) is 40.2 Å². The lowest BCUT2D eigenvalue weighted by atomic mass is 10.0. The maximum atomic E-state index is 13.9. The van der Waals surface area contributed by atoms with Crippen molar-refractivity contribution in [2.45, 2.75) is 31.5 Å². The second kappa shape index (κ2) is 12.0. The van der Waals surface area contributed by atoms with Crippen LogP contribution < -0.4 is 15.0 Å². The van der Waals surface area contributed by atoms with Crippen LogP contribution in [0.25, 0.3) is 17.8 Å². The van der Waals surface area contributed by atoms with E-state index in [4.69, 9.17) is 0 Å². The van der Waals surface area contributed by atoms with Gasteiger partial charge < -0.3 is 10.1 Å². The van der Waals surface area contributed by atoms with Gasteiger partial charge in [-0.2, -0.15) is 4.99 Å². The van der Waals surface area contributed by atoms with E-state index >= 15 is 0 Å². The third-order valence-corrected chi connectivity index (χ3v) is 7.95. The molecule has 3 aromatic carbocycles. The molecule has 2 fully saturated rings. The van der Waals surface area contributed by atoms with E-state index in [0.717, 1.165) is 22.9 Å². The number of hydrogen-bond acceptors (Lipinski definition) is 6. The summed E-state index contributed by atoms with van der Waals surface area (Å²) in [4.78, 5) is 35.0. The number of ether oxygens (including phenoxy) is 1. The van der Waals surface area contributed by atoms with Crippen molar-refractivity contribution in [3.63, 3.8) is 0 Å². The van der Waals surface area contributed by atoms with E-state index in [1.54, 1.807) is 61.5 Å². The number of thioether (sulfide) groups is 1. The molecule has 1 aliphatic carbocycles. The highest BCUT2D eigenvalue weighted by molar-refractivity contribution is 8.15. The summed E-state index contributed by atoms with van der Waals surface area (Å²) in [6.07, 6.45) is -0.294. The topological polar surface area (TPSA) is 102 Å². The average Bonchev–Trinajstić information content (AvgIpc) is 3.29. The van der Waals surface area contributed by atoms with Gasteiger partial charge in [0.2, 0.25) is 5.91 Å². The molecule has 1 N–H and O–H groups in total. The second-order valence-electron chi connectivity index (χ2n) is 10.5. The van der Waals surface area contributed by atoms with Gasteiger partial charge in [0.15, 0.2) is 11.0 Å². The molecule has 15 heteroatoms. The summed E-state index contributed by atoms with van der Waals surface area (Å²) < 4.78 is 70.2. The number of alkyl halides is 5. The first-order valence-electron chi connectivity index (χ1n) is 13.7. The van der Waals surface area contributed by atoms with Crippen molar-refractivity contribution in [1.29, 1.82) is 0 Å². The Bertz CT molecular complexity index is 1860. The van der Waals surface area contributed by atoms with Crippen molar-refractivity contribution in [2.24, 2.45) is 4.99 Å². The SMILES string of the molecule is Cc1ccc(C2CC2(F)F)c(N2C(=O)CSC2=NC(=O)Nc2ccc(C=Cc3ncn(-c4ccc(OC(F)(F)F)cc4)n3)cc2)c1. The molecule has 3 amide bonds. The lowest BCUT2D eigenvalue weighted by molar-refractivity contribution is -0.274. The quantitative estimate of drug-likeness (QED) is 0.208. The number of hydrogen-bond donors (Lipinski definition) is 1. The molecule has 236 valence electrons. The maximum Gasteiger partial charge on any atom is 0.573 e. The zero-order valence-corrected chi connectivity index (χ0v) is 24.6. The first kappa shape index (κ1) is 31.0. The highest BCUT2D eigenvalue weighted by atomic mass is 32.2. The summed E-state index contributed by atoms with van der Waals surface area (Å²) in [7, 11) is 0. The largest absolute Gasteiger partial charge is 0.573 e. The number of aromatic nitrogens is 3.